The molecule has 2 fully saturated rings. The fraction of sp³-hybridized carbons (Fsp3) is 0.688. The van der Waals surface area contributed by atoms with Gasteiger partial charge in [-0.25, -0.2) is 9.78 Å². The minimum Gasteiger partial charge on any atom is -0.453 e. The van der Waals surface area contributed by atoms with Crippen molar-refractivity contribution in [1.29, 1.82) is 0 Å². The molecule has 1 atom stereocenters. The van der Waals surface area contributed by atoms with Crippen LogP contribution in [0.5, 0.6) is 0 Å². The van der Waals surface area contributed by atoms with Crippen LogP contribution in [0.4, 0.5) is 4.79 Å². The summed E-state index contributed by atoms with van der Waals surface area (Å²) in [6, 6.07) is 0. The molecule has 7 nitrogen and oxygen atoms in total. The highest BCUT2D eigenvalue weighted by Gasteiger charge is 2.42. The zero-order valence-electron chi connectivity index (χ0n) is 13.6. The second kappa shape index (κ2) is 6.60. The Bertz CT molecular complexity index is 560. The van der Waals surface area contributed by atoms with Crippen LogP contribution in [0.15, 0.2) is 12.5 Å². The number of carbonyl (C=O) groups is 2. The van der Waals surface area contributed by atoms with E-state index in [1.807, 2.05) is 4.90 Å². The minimum atomic E-state index is -0.259. The van der Waals surface area contributed by atoms with Crippen molar-refractivity contribution in [3.63, 3.8) is 0 Å². The molecule has 0 aliphatic carbocycles. The molecule has 0 bridgehead atoms. The van der Waals surface area contributed by atoms with E-state index in [-0.39, 0.29) is 17.4 Å². The smallest absolute Gasteiger partial charge is 0.409 e. The second-order valence-corrected chi connectivity index (χ2v) is 6.64. The van der Waals surface area contributed by atoms with Crippen LogP contribution in [0.25, 0.3) is 0 Å². The van der Waals surface area contributed by atoms with Crippen LogP contribution in [0.2, 0.25) is 0 Å². The molecular weight excluding hydrogens is 296 g/mol. The lowest BCUT2D eigenvalue weighted by Crippen LogP contribution is -2.55. The number of piperidine rings is 2. The molecule has 1 unspecified atom stereocenters. The number of hydrogen-bond donors (Lipinski definition) is 1. The Morgan fingerprint density at radius 1 is 1.43 bits per heavy atom. The lowest BCUT2D eigenvalue weighted by Gasteiger charge is -2.47. The topological polar surface area (TPSA) is 78.5 Å². The van der Waals surface area contributed by atoms with E-state index in [2.05, 4.69) is 9.97 Å². The number of nitrogens with zero attached hydrogens (tertiary/aromatic N) is 3. The van der Waals surface area contributed by atoms with Crippen molar-refractivity contribution >= 4 is 12.0 Å². The first-order valence-corrected chi connectivity index (χ1v) is 8.20. The van der Waals surface area contributed by atoms with Crippen molar-refractivity contribution < 1.29 is 14.3 Å². The van der Waals surface area contributed by atoms with Crippen molar-refractivity contribution in [2.45, 2.75) is 32.1 Å². The van der Waals surface area contributed by atoms with Crippen molar-refractivity contribution in [3.8, 4) is 0 Å². The third-order valence-electron chi connectivity index (χ3n) is 5.05. The number of likely N-dealkylation sites (tertiary alicyclic amines) is 2. The largest absolute Gasteiger partial charge is 0.453 e. The molecule has 23 heavy (non-hydrogen) atoms. The predicted octanol–water partition coefficient (Wildman–Crippen LogP) is 1.42. The second-order valence-electron chi connectivity index (χ2n) is 6.64. The Labute approximate surface area is 136 Å². The van der Waals surface area contributed by atoms with Crippen LogP contribution in [-0.4, -0.2) is 65.1 Å². The molecule has 3 heterocycles. The molecule has 0 radical (unpaired) electrons. The Kier molecular flexibility index (Phi) is 4.54. The Hall–Kier alpha value is -2.05. The summed E-state index contributed by atoms with van der Waals surface area (Å²) in [5.41, 5.74) is 1.06. The molecule has 0 saturated carbocycles. The lowest BCUT2D eigenvalue weighted by atomic mass is 9.73. The van der Waals surface area contributed by atoms with E-state index >= 15 is 0 Å². The van der Waals surface area contributed by atoms with E-state index in [4.69, 9.17) is 4.74 Å². The van der Waals surface area contributed by atoms with Crippen LogP contribution >= 0.6 is 0 Å². The summed E-state index contributed by atoms with van der Waals surface area (Å²) in [4.78, 5) is 34.9. The van der Waals surface area contributed by atoms with Crippen molar-refractivity contribution in [2.24, 2.45) is 5.41 Å². The van der Waals surface area contributed by atoms with E-state index in [1.165, 1.54) is 7.11 Å². The van der Waals surface area contributed by atoms with Gasteiger partial charge in [-0.2, -0.15) is 0 Å². The molecule has 0 aromatic carbocycles. The Balaban J connectivity index is 1.64. The SMILES string of the molecule is COC(=O)N1CCCC2(CCC(=O)N(CCc3cnc[nH]3)C2)C1. The number of aromatic nitrogens is 2. The summed E-state index contributed by atoms with van der Waals surface area (Å²) in [5.74, 6) is 0.213. The number of imidazole rings is 1. The van der Waals surface area contributed by atoms with Crippen LogP contribution in [0.1, 0.15) is 31.4 Å². The first kappa shape index (κ1) is 15.8. The number of H-pyrrole nitrogens is 1. The van der Waals surface area contributed by atoms with Crippen molar-refractivity contribution in [3.05, 3.63) is 18.2 Å². The molecule has 7 heteroatoms. The van der Waals surface area contributed by atoms with E-state index in [1.54, 1.807) is 17.4 Å². The molecule has 1 spiro atoms. The molecule has 2 saturated heterocycles. The number of amides is 2. The lowest BCUT2D eigenvalue weighted by molar-refractivity contribution is -0.139. The number of methoxy groups -OCH3 is 1. The molecule has 3 rings (SSSR count). The van der Waals surface area contributed by atoms with Gasteiger partial charge in [-0.1, -0.05) is 0 Å². The number of ether oxygens (including phenoxy) is 1. The Morgan fingerprint density at radius 3 is 3.04 bits per heavy atom. The standard InChI is InChI=1S/C16H24N4O3/c1-23-15(22)20-7-2-5-16(11-20)6-3-14(21)19(10-16)8-4-13-9-17-12-18-13/h9,12H,2-8,10-11H2,1H3,(H,17,18). The van der Waals surface area contributed by atoms with E-state index < -0.39 is 0 Å². The summed E-state index contributed by atoms with van der Waals surface area (Å²) in [6.45, 7) is 2.86. The van der Waals surface area contributed by atoms with Gasteiger partial charge in [0, 0.05) is 56.3 Å². The summed E-state index contributed by atoms with van der Waals surface area (Å²) in [6.07, 6.45) is 7.44. The van der Waals surface area contributed by atoms with Gasteiger partial charge in [0.1, 0.15) is 0 Å². The molecule has 126 valence electrons. The van der Waals surface area contributed by atoms with E-state index in [0.29, 0.717) is 19.5 Å². The van der Waals surface area contributed by atoms with Gasteiger partial charge in [0.25, 0.3) is 0 Å². The summed E-state index contributed by atoms with van der Waals surface area (Å²) in [7, 11) is 1.42. The van der Waals surface area contributed by atoms with Crippen LogP contribution < -0.4 is 0 Å². The highest BCUT2D eigenvalue weighted by Crippen LogP contribution is 2.39. The van der Waals surface area contributed by atoms with Gasteiger partial charge in [0.2, 0.25) is 5.91 Å². The van der Waals surface area contributed by atoms with Crippen LogP contribution in [-0.2, 0) is 16.0 Å². The first-order chi connectivity index (χ1) is 11.1. The van der Waals surface area contributed by atoms with E-state index in [9.17, 15) is 9.59 Å². The normalized spacial score (nSPS) is 25.0. The third-order valence-corrected chi connectivity index (χ3v) is 5.05. The van der Waals surface area contributed by atoms with Gasteiger partial charge < -0.3 is 19.5 Å². The summed E-state index contributed by atoms with van der Waals surface area (Å²) >= 11 is 0. The van der Waals surface area contributed by atoms with E-state index in [0.717, 1.165) is 44.5 Å². The summed E-state index contributed by atoms with van der Waals surface area (Å²) < 4.78 is 4.86. The van der Waals surface area contributed by atoms with Crippen molar-refractivity contribution in [2.75, 3.05) is 33.3 Å². The highest BCUT2D eigenvalue weighted by atomic mass is 16.5. The zero-order chi connectivity index (χ0) is 16.3. The monoisotopic (exact) mass is 320 g/mol. The number of carbonyl (C=O) groups excluding carboxylic acids is 2. The molecule has 2 aliphatic rings. The van der Waals surface area contributed by atoms with Crippen LogP contribution in [0.3, 0.4) is 0 Å². The zero-order valence-corrected chi connectivity index (χ0v) is 13.6. The van der Waals surface area contributed by atoms with Gasteiger partial charge in [-0.3, -0.25) is 4.79 Å². The quantitative estimate of drug-likeness (QED) is 0.913. The molecule has 1 aromatic heterocycles. The van der Waals surface area contributed by atoms with Gasteiger partial charge >= 0.3 is 6.09 Å². The Morgan fingerprint density at radius 2 is 2.30 bits per heavy atom. The molecule has 2 aliphatic heterocycles. The molecule has 2 amide bonds. The van der Waals surface area contributed by atoms with Crippen molar-refractivity contribution in [1.82, 2.24) is 19.8 Å². The predicted molar refractivity (Wildman–Crippen MR) is 83.8 cm³/mol. The first-order valence-electron chi connectivity index (χ1n) is 8.20. The maximum absolute atomic E-state index is 12.2. The number of nitrogens with one attached hydrogen (secondary N) is 1. The number of aromatic amines is 1. The summed E-state index contributed by atoms with van der Waals surface area (Å²) in [5, 5.41) is 0. The fourth-order valence-electron chi connectivity index (χ4n) is 3.81. The highest BCUT2D eigenvalue weighted by molar-refractivity contribution is 5.77. The number of rotatable bonds is 3. The number of hydrogen-bond acceptors (Lipinski definition) is 4. The third kappa shape index (κ3) is 3.48. The maximum atomic E-state index is 12.2. The molecular formula is C16H24N4O3. The fourth-order valence-corrected chi connectivity index (χ4v) is 3.81. The average molecular weight is 320 g/mol. The minimum absolute atomic E-state index is 0.0222. The van der Waals surface area contributed by atoms with Gasteiger partial charge in [0.05, 0.1) is 13.4 Å². The maximum Gasteiger partial charge on any atom is 0.409 e. The van der Waals surface area contributed by atoms with Gasteiger partial charge in [-0.05, 0) is 19.3 Å². The average Bonchev–Trinajstić information content (AvgIpc) is 3.09. The molecule has 1 aromatic rings. The van der Waals surface area contributed by atoms with Gasteiger partial charge in [-0.15, -0.1) is 0 Å². The van der Waals surface area contributed by atoms with Gasteiger partial charge in [0.15, 0.2) is 0 Å². The molecule has 1 N–H and O–H groups in total. The van der Waals surface area contributed by atoms with Crippen LogP contribution in [0, 0.1) is 5.41 Å².